The van der Waals surface area contributed by atoms with E-state index in [2.05, 4.69) is 4.72 Å². The van der Waals surface area contributed by atoms with E-state index in [0.29, 0.717) is 0 Å². The van der Waals surface area contributed by atoms with Crippen LogP contribution in [0.3, 0.4) is 0 Å². The van der Waals surface area contributed by atoms with Crippen LogP contribution < -0.4 is 14.4 Å². The minimum absolute atomic E-state index is 0.109. The molecule has 0 radical (unpaired) electrons. The standard InChI is InChI=1S/C18H18N2O5S/c1-25-15-8-7-14(20-17(21)9-10-18(20)22)11-16(15)26(23,24)19-12-13-5-3-2-4-6-13/h2-8,11,19H,9-10,12H2,1H3. The maximum Gasteiger partial charge on any atom is 0.244 e. The molecule has 0 bridgehead atoms. The molecule has 1 aliphatic rings. The molecule has 0 aliphatic carbocycles. The van der Waals surface area contributed by atoms with Crippen molar-refractivity contribution in [3.8, 4) is 5.75 Å². The maximum atomic E-state index is 12.7. The summed E-state index contributed by atoms with van der Waals surface area (Å²) in [6.07, 6.45) is 0.248. The molecule has 0 aromatic heterocycles. The predicted octanol–water partition coefficient (Wildman–Crippen LogP) is 1.83. The van der Waals surface area contributed by atoms with Gasteiger partial charge in [-0.2, -0.15) is 0 Å². The molecule has 1 saturated heterocycles. The summed E-state index contributed by atoms with van der Waals surface area (Å²) in [6, 6.07) is 13.3. The fourth-order valence-corrected chi connectivity index (χ4v) is 3.94. The molecule has 1 heterocycles. The van der Waals surface area contributed by atoms with Gasteiger partial charge in [-0.25, -0.2) is 13.1 Å². The van der Waals surface area contributed by atoms with E-state index in [0.717, 1.165) is 10.5 Å². The van der Waals surface area contributed by atoms with Crippen LogP contribution in [-0.2, 0) is 26.2 Å². The Morgan fingerprint density at radius 2 is 1.69 bits per heavy atom. The number of amides is 2. The highest BCUT2D eigenvalue weighted by atomic mass is 32.2. The molecule has 2 aromatic carbocycles. The first-order chi connectivity index (χ1) is 12.4. The molecule has 3 rings (SSSR count). The Bertz CT molecular complexity index is 925. The Hall–Kier alpha value is -2.71. The summed E-state index contributed by atoms with van der Waals surface area (Å²) in [6.45, 7) is 0.109. The number of imide groups is 1. The van der Waals surface area contributed by atoms with Gasteiger partial charge in [-0.05, 0) is 23.8 Å². The molecule has 0 unspecified atom stereocenters. The lowest BCUT2D eigenvalue weighted by atomic mass is 10.2. The third-order valence-electron chi connectivity index (χ3n) is 4.06. The van der Waals surface area contributed by atoms with Gasteiger partial charge in [0.1, 0.15) is 10.6 Å². The smallest absolute Gasteiger partial charge is 0.244 e. The van der Waals surface area contributed by atoms with Crippen molar-refractivity contribution >= 4 is 27.5 Å². The van der Waals surface area contributed by atoms with E-state index < -0.39 is 10.0 Å². The highest BCUT2D eigenvalue weighted by molar-refractivity contribution is 7.89. The summed E-state index contributed by atoms with van der Waals surface area (Å²) in [5.41, 5.74) is 1.02. The van der Waals surface area contributed by atoms with E-state index in [4.69, 9.17) is 4.74 Å². The zero-order valence-corrected chi connectivity index (χ0v) is 15.0. The summed E-state index contributed by atoms with van der Waals surface area (Å²) in [7, 11) is -2.55. The summed E-state index contributed by atoms with van der Waals surface area (Å²) in [4.78, 5) is 24.7. The van der Waals surface area contributed by atoms with Crippen LogP contribution in [0.25, 0.3) is 0 Å². The van der Waals surface area contributed by atoms with Crippen molar-refractivity contribution in [1.29, 1.82) is 0 Å². The quantitative estimate of drug-likeness (QED) is 0.779. The van der Waals surface area contributed by atoms with Gasteiger partial charge in [-0.1, -0.05) is 30.3 Å². The van der Waals surface area contributed by atoms with Gasteiger partial charge in [0.2, 0.25) is 21.8 Å². The van der Waals surface area contributed by atoms with Gasteiger partial charge < -0.3 is 4.74 Å². The second-order valence-corrected chi connectivity index (χ2v) is 7.50. The minimum Gasteiger partial charge on any atom is -0.495 e. The third-order valence-corrected chi connectivity index (χ3v) is 5.48. The van der Waals surface area contributed by atoms with Crippen LogP contribution >= 0.6 is 0 Å². The van der Waals surface area contributed by atoms with Crippen LogP contribution in [0, 0.1) is 0 Å². The van der Waals surface area contributed by atoms with Gasteiger partial charge in [0.15, 0.2) is 0 Å². The normalized spacial score (nSPS) is 14.7. The number of nitrogens with one attached hydrogen (secondary N) is 1. The first-order valence-corrected chi connectivity index (χ1v) is 9.48. The average Bonchev–Trinajstić information content (AvgIpc) is 2.99. The molecule has 7 nitrogen and oxygen atoms in total. The molecule has 26 heavy (non-hydrogen) atoms. The number of hydrogen-bond donors (Lipinski definition) is 1. The van der Waals surface area contributed by atoms with E-state index >= 15 is 0 Å². The van der Waals surface area contributed by atoms with E-state index in [1.807, 2.05) is 18.2 Å². The van der Waals surface area contributed by atoms with Crippen LogP contribution in [0.4, 0.5) is 5.69 Å². The third kappa shape index (κ3) is 3.61. The van der Waals surface area contributed by atoms with Gasteiger partial charge in [0, 0.05) is 19.4 Å². The number of rotatable bonds is 6. The zero-order valence-electron chi connectivity index (χ0n) is 14.1. The van der Waals surface area contributed by atoms with Crippen molar-refractivity contribution in [3.63, 3.8) is 0 Å². The van der Waals surface area contributed by atoms with E-state index in [1.165, 1.54) is 25.3 Å². The monoisotopic (exact) mass is 374 g/mol. The largest absolute Gasteiger partial charge is 0.495 e. The molecule has 0 saturated carbocycles. The summed E-state index contributed by atoms with van der Waals surface area (Å²) >= 11 is 0. The lowest BCUT2D eigenvalue weighted by molar-refractivity contribution is -0.121. The number of carbonyl (C=O) groups excluding carboxylic acids is 2. The molecule has 8 heteroatoms. The molecular formula is C18H18N2O5S. The minimum atomic E-state index is -3.91. The Kier molecular flexibility index (Phi) is 5.06. The van der Waals surface area contributed by atoms with Gasteiger partial charge in [0.05, 0.1) is 12.8 Å². The fourth-order valence-electron chi connectivity index (χ4n) is 2.73. The molecule has 2 amide bonds. The number of methoxy groups -OCH3 is 1. The Morgan fingerprint density at radius 3 is 2.31 bits per heavy atom. The number of sulfonamides is 1. The SMILES string of the molecule is COc1ccc(N2C(=O)CCC2=O)cc1S(=O)(=O)NCc1ccccc1. The molecule has 2 aromatic rings. The number of hydrogen-bond acceptors (Lipinski definition) is 5. The molecule has 0 spiro atoms. The van der Waals surface area contributed by atoms with Crippen LogP contribution in [0.5, 0.6) is 5.75 Å². The van der Waals surface area contributed by atoms with Gasteiger partial charge in [-0.3, -0.25) is 14.5 Å². The second kappa shape index (κ2) is 7.27. The number of benzene rings is 2. The average molecular weight is 374 g/mol. The summed E-state index contributed by atoms with van der Waals surface area (Å²) in [5, 5.41) is 0. The molecule has 136 valence electrons. The highest BCUT2D eigenvalue weighted by Crippen LogP contribution is 2.31. The van der Waals surface area contributed by atoms with Crippen molar-refractivity contribution in [3.05, 3.63) is 54.1 Å². The second-order valence-electron chi connectivity index (χ2n) is 5.77. The molecule has 1 aliphatic heterocycles. The molecular weight excluding hydrogens is 356 g/mol. The Labute approximate surface area is 151 Å². The lowest BCUT2D eigenvalue weighted by Gasteiger charge is -2.17. The van der Waals surface area contributed by atoms with Crippen LogP contribution in [0.2, 0.25) is 0 Å². The molecule has 1 fully saturated rings. The van der Waals surface area contributed by atoms with E-state index in [1.54, 1.807) is 12.1 Å². The first kappa shape index (κ1) is 18.1. The molecule has 0 atom stereocenters. The van der Waals surface area contributed by atoms with Crippen molar-refractivity contribution in [2.75, 3.05) is 12.0 Å². The van der Waals surface area contributed by atoms with Crippen LogP contribution in [0.1, 0.15) is 18.4 Å². The maximum absolute atomic E-state index is 12.7. The number of ether oxygens (including phenoxy) is 1. The van der Waals surface area contributed by atoms with Crippen molar-refractivity contribution in [2.24, 2.45) is 0 Å². The van der Waals surface area contributed by atoms with Gasteiger partial charge in [-0.15, -0.1) is 0 Å². The van der Waals surface area contributed by atoms with Crippen LogP contribution in [0.15, 0.2) is 53.4 Å². The van der Waals surface area contributed by atoms with E-state index in [9.17, 15) is 18.0 Å². The van der Waals surface area contributed by atoms with Crippen molar-refractivity contribution in [2.45, 2.75) is 24.3 Å². The van der Waals surface area contributed by atoms with E-state index in [-0.39, 0.29) is 47.5 Å². The van der Waals surface area contributed by atoms with Crippen LogP contribution in [-0.4, -0.2) is 27.3 Å². The topological polar surface area (TPSA) is 92.8 Å². The molecule has 1 N–H and O–H groups in total. The fraction of sp³-hybridized carbons (Fsp3) is 0.222. The van der Waals surface area contributed by atoms with Crippen molar-refractivity contribution < 1.29 is 22.7 Å². The lowest BCUT2D eigenvalue weighted by Crippen LogP contribution is -2.29. The number of anilines is 1. The highest BCUT2D eigenvalue weighted by Gasteiger charge is 2.32. The Morgan fingerprint density at radius 1 is 1.04 bits per heavy atom. The first-order valence-electron chi connectivity index (χ1n) is 8.00. The van der Waals surface area contributed by atoms with Gasteiger partial charge >= 0.3 is 0 Å². The van der Waals surface area contributed by atoms with Crippen molar-refractivity contribution in [1.82, 2.24) is 4.72 Å². The number of carbonyl (C=O) groups is 2. The Balaban J connectivity index is 1.93. The zero-order chi connectivity index (χ0) is 18.7. The summed E-state index contributed by atoms with van der Waals surface area (Å²) < 4.78 is 33.1. The summed E-state index contributed by atoms with van der Waals surface area (Å²) in [5.74, 6) is -0.560. The predicted molar refractivity (Wildman–Crippen MR) is 95.2 cm³/mol. The number of nitrogens with zero attached hydrogens (tertiary/aromatic N) is 1. The van der Waals surface area contributed by atoms with Gasteiger partial charge in [0.25, 0.3) is 0 Å².